The maximum Gasteiger partial charge on any atom is 0.326 e. The highest BCUT2D eigenvalue weighted by Crippen LogP contribution is 2.04. The van der Waals surface area contributed by atoms with Gasteiger partial charge in [0.2, 0.25) is 23.6 Å². The molecule has 0 aliphatic rings. The summed E-state index contributed by atoms with van der Waals surface area (Å²) in [6, 6.07) is -4.41. The maximum absolute atomic E-state index is 12.4. The summed E-state index contributed by atoms with van der Waals surface area (Å²) < 4.78 is 0. The van der Waals surface area contributed by atoms with E-state index in [1.807, 2.05) is 6.26 Å². The molecular weight excluding hydrogens is 402 g/mol. The Morgan fingerprint density at radius 1 is 0.966 bits per heavy atom. The van der Waals surface area contributed by atoms with Gasteiger partial charge in [0.15, 0.2) is 0 Å². The molecule has 4 amide bonds. The number of rotatable bonds is 13. The summed E-state index contributed by atoms with van der Waals surface area (Å²) in [6.45, 7) is 4.58. The van der Waals surface area contributed by atoms with Gasteiger partial charge in [-0.1, -0.05) is 13.8 Å². The van der Waals surface area contributed by atoms with Crippen LogP contribution in [0, 0.1) is 5.92 Å². The van der Waals surface area contributed by atoms with E-state index in [0.717, 1.165) is 0 Å². The summed E-state index contributed by atoms with van der Waals surface area (Å²) in [4.78, 5) is 59.3. The predicted molar refractivity (Wildman–Crippen MR) is 109 cm³/mol. The van der Waals surface area contributed by atoms with Crippen LogP contribution in [0.3, 0.4) is 0 Å². The van der Waals surface area contributed by atoms with E-state index in [-0.39, 0.29) is 0 Å². The van der Waals surface area contributed by atoms with Crippen LogP contribution in [0.4, 0.5) is 0 Å². The Balaban J connectivity index is 5.05. The molecule has 0 aromatic rings. The Hall–Kier alpha value is -2.34. The van der Waals surface area contributed by atoms with Crippen LogP contribution in [0.15, 0.2) is 0 Å². The van der Waals surface area contributed by atoms with E-state index in [0.29, 0.717) is 12.2 Å². The molecule has 4 atom stereocenters. The van der Waals surface area contributed by atoms with E-state index in [9.17, 15) is 29.1 Å². The lowest BCUT2D eigenvalue weighted by atomic mass is 10.0. The molecule has 0 saturated heterocycles. The van der Waals surface area contributed by atoms with Crippen LogP contribution < -0.4 is 27.4 Å². The summed E-state index contributed by atoms with van der Waals surface area (Å²) in [5, 5.41) is 16.2. The second-order valence-electron chi connectivity index (χ2n) is 6.92. The second-order valence-corrected chi connectivity index (χ2v) is 7.90. The summed E-state index contributed by atoms with van der Waals surface area (Å²) in [7, 11) is 0. The molecule has 0 aliphatic heterocycles. The van der Waals surface area contributed by atoms with Crippen molar-refractivity contribution in [1.29, 1.82) is 0 Å². The minimum atomic E-state index is -1.38. The molecule has 0 saturated carbocycles. The first-order valence-corrected chi connectivity index (χ1v) is 10.5. The van der Waals surface area contributed by atoms with Gasteiger partial charge >= 0.3 is 5.97 Å². The van der Waals surface area contributed by atoms with Crippen molar-refractivity contribution in [3.8, 4) is 0 Å². The van der Waals surface area contributed by atoms with Crippen LogP contribution in [0.5, 0.6) is 0 Å². The molecule has 0 fully saturated rings. The predicted octanol–water partition coefficient (Wildman–Crippen LogP) is -1.84. The van der Waals surface area contributed by atoms with Crippen LogP contribution >= 0.6 is 11.8 Å². The molecule has 0 aromatic heterocycles. The van der Waals surface area contributed by atoms with Gasteiger partial charge in [0.1, 0.15) is 18.1 Å². The van der Waals surface area contributed by atoms with Crippen LogP contribution in [0.1, 0.15) is 33.6 Å². The van der Waals surface area contributed by atoms with Gasteiger partial charge in [-0.15, -0.1) is 0 Å². The summed E-state index contributed by atoms with van der Waals surface area (Å²) in [6.07, 6.45) is 1.77. The number of aliphatic carboxylic acids is 1. The standard InChI is InChI=1S/C17H31N5O6S/c1-8(2)13(17(27)28)22-16(26)11(7-12(19)23)21-14(24)9(3)20-15(25)10(18)5-6-29-4/h8-11,13H,5-7,18H2,1-4H3,(H2,19,23)(H,20,25)(H,21,24)(H,22,26)(H,27,28). The molecule has 8 N–H and O–H groups in total. The van der Waals surface area contributed by atoms with Gasteiger partial charge < -0.3 is 32.5 Å². The monoisotopic (exact) mass is 433 g/mol. The second kappa shape index (κ2) is 13.0. The average Bonchev–Trinajstić information content (AvgIpc) is 2.61. The summed E-state index contributed by atoms with van der Waals surface area (Å²) >= 11 is 1.53. The molecular formula is C17H31N5O6S. The molecule has 12 heteroatoms. The van der Waals surface area contributed by atoms with Crippen LogP contribution in [-0.2, 0) is 24.0 Å². The molecule has 0 bridgehead atoms. The van der Waals surface area contributed by atoms with Crippen molar-refractivity contribution < 1.29 is 29.1 Å². The Labute approximate surface area is 174 Å². The van der Waals surface area contributed by atoms with E-state index in [2.05, 4.69) is 16.0 Å². The highest BCUT2D eigenvalue weighted by atomic mass is 32.2. The number of thioether (sulfide) groups is 1. The van der Waals surface area contributed by atoms with E-state index >= 15 is 0 Å². The Kier molecular flexibility index (Phi) is 11.9. The van der Waals surface area contributed by atoms with Crippen molar-refractivity contribution in [3.63, 3.8) is 0 Å². The first kappa shape index (κ1) is 26.7. The highest BCUT2D eigenvalue weighted by Gasteiger charge is 2.30. The van der Waals surface area contributed by atoms with Gasteiger partial charge in [0, 0.05) is 0 Å². The number of carbonyl (C=O) groups excluding carboxylic acids is 4. The third kappa shape index (κ3) is 10.1. The Bertz CT molecular complexity index is 615. The number of hydrogen-bond donors (Lipinski definition) is 6. The van der Waals surface area contributed by atoms with E-state index in [1.54, 1.807) is 13.8 Å². The number of nitrogens with one attached hydrogen (secondary N) is 3. The molecule has 0 aliphatic carbocycles. The van der Waals surface area contributed by atoms with Gasteiger partial charge in [0.25, 0.3) is 0 Å². The van der Waals surface area contributed by atoms with Crippen molar-refractivity contribution >= 4 is 41.4 Å². The number of nitrogens with two attached hydrogens (primary N) is 2. The van der Waals surface area contributed by atoms with Gasteiger partial charge in [-0.05, 0) is 31.3 Å². The molecule has 0 radical (unpaired) electrons. The smallest absolute Gasteiger partial charge is 0.326 e. The summed E-state index contributed by atoms with van der Waals surface area (Å²) in [5.74, 6) is -4.00. The lowest BCUT2D eigenvalue weighted by Gasteiger charge is -2.24. The fourth-order valence-corrected chi connectivity index (χ4v) is 2.73. The van der Waals surface area contributed by atoms with Gasteiger partial charge in [-0.3, -0.25) is 19.2 Å². The third-order valence-corrected chi connectivity index (χ3v) is 4.63. The van der Waals surface area contributed by atoms with Gasteiger partial charge in [-0.2, -0.15) is 11.8 Å². The molecule has 166 valence electrons. The van der Waals surface area contributed by atoms with Crippen molar-refractivity contribution in [2.24, 2.45) is 17.4 Å². The van der Waals surface area contributed by atoms with Crippen molar-refractivity contribution in [2.45, 2.75) is 57.8 Å². The molecule has 29 heavy (non-hydrogen) atoms. The highest BCUT2D eigenvalue weighted by molar-refractivity contribution is 7.98. The lowest BCUT2D eigenvalue weighted by molar-refractivity contribution is -0.143. The van der Waals surface area contributed by atoms with Gasteiger partial charge in [0.05, 0.1) is 12.5 Å². The normalized spacial score (nSPS) is 15.0. The lowest BCUT2D eigenvalue weighted by Crippen LogP contribution is -2.57. The fraction of sp³-hybridized carbons (Fsp3) is 0.706. The molecule has 0 aromatic carbocycles. The molecule has 0 heterocycles. The number of amides is 4. The van der Waals surface area contributed by atoms with Crippen LogP contribution in [0.25, 0.3) is 0 Å². The van der Waals surface area contributed by atoms with E-state index in [1.165, 1.54) is 18.7 Å². The van der Waals surface area contributed by atoms with E-state index in [4.69, 9.17) is 11.5 Å². The summed E-state index contributed by atoms with van der Waals surface area (Å²) in [5.41, 5.74) is 10.9. The van der Waals surface area contributed by atoms with Crippen molar-refractivity contribution in [3.05, 3.63) is 0 Å². The number of carboxylic acids is 1. The van der Waals surface area contributed by atoms with E-state index < -0.39 is 66.1 Å². The number of carbonyl (C=O) groups is 5. The van der Waals surface area contributed by atoms with Crippen molar-refractivity contribution in [1.82, 2.24) is 16.0 Å². The Morgan fingerprint density at radius 3 is 2.00 bits per heavy atom. The van der Waals surface area contributed by atoms with Gasteiger partial charge in [-0.25, -0.2) is 4.79 Å². The largest absolute Gasteiger partial charge is 0.480 e. The molecule has 0 spiro atoms. The maximum atomic E-state index is 12.4. The third-order valence-electron chi connectivity index (χ3n) is 3.99. The SMILES string of the molecule is CSCCC(N)C(=O)NC(C)C(=O)NC(CC(N)=O)C(=O)NC(C(=O)O)C(C)C. The first-order chi connectivity index (χ1) is 13.4. The van der Waals surface area contributed by atoms with Crippen LogP contribution in [-0.4, -0.2) is 70.9 Å². The number of hydrogen-bond acceptors (Lipinski definition) is 7. The zero-order chi connectivity index (χ0) is 22.7. The molecule has 11 nitrogen and oxygen atoms in total. The minimum absolute atomic E-state index is 0.428. The fourth-order valence-electron chi connectivity index (χ4n) is 2.24. The number of primary amides is 1. The number of carboxylic acid groups (broad SMARTS) is 1. The van der Waals surface area contributed by atoms with Crippen LogP contribution in [0.2, 0.25) is 0 Å². The minimum Gasteiger partial charge on any atom is -0.480 e. The zero-order valence-electron chi connectivity index (χ0n) is 17.1. The van der Waals surface area contributed by atoms with Crippen molar-refractivity contribution in [2.75, 3.05) is 12.0 Å². The Morgan fingerprint density at radius 2 is 1.55 bits per heavy atom. The molecule has 4 unspecified atom stereocenters. The first-order valence-electron chi connectivity index (χ1n) is 9.07. The molecule has 0 rings (SSSR count). The average molecular weight is 434 g/mol. The quantitative estimate of drug-likeness (QED) is 0.195. The topological polar surface area (TPSA) is 194 Å². The zero-order valence-corrected chi connectivity index (χ0v) is 17.9.